The lowest BCUT2D eigenvalue weighted by Crippen LogP contribution is -2.25. The quantitative estimate of drug-likeness (QED) is 0.0450. The van der Waals surface area contributed by atoms with Crippen LogP contribution in [0.15, 0.2) is 24.3 Å². The molecule has 2 atom stereocenters. The molecular weight excluding hydrogens is 913 g/mol. The van der Waals surface area contributed by atoms with E-state index in [1.807, 2.05) is 0 Å². The van der Waals surface area contributed by atoms with Crippen LogP contribution < -0.4 is 0 Å². The minimum Gasteiger partial charge on any atom is -0.245 e. The van der Waals surface area contributed by atoms with Crippen molar-refractivity contribution in [2.45, 2.75) is 412 Å². The van der Waals surface area contributed by atoms with E-state index < -0.39 is 10.4 Å². The van der Waals surface area contributed by atoms with Crippen LogP contribution >= 0.6 is 0 Å². The number of allylic oxidation sites excluding steroid dienone is 4. The Morgan fingerprint density at radius 1 is 0.233 bits per heavy atom. The van der Waals surface area contributed by atoms with Crippen molar-refractivity contribution in [1.82, 2.24) is 0 Å². The molecule has 0 spiro atoms. The molecule has 4 nitrogen and oxygen atoms in total. The highest BCUT2D eigenvalue weighted by molar-refractivity contribution is 7.81. The molecular formula is C68H134O4S. The molecule has 0 aliphatic heterocycles. The van der Waals surface area contributed by atoms with Gasteiger partial charge in [0.15, 0.2) is 0 Å². The van der Waals surface area contributed by atoms with Crippen LogP contribution in [-0.2, 0) is 18.8 Å². The fourth-order valence-electron chi connectivity index (χ4n) is 10.9. The predicted octanol–water partition coefficient (Wildman–Crippen LogP) is 24.8. The summed E-state index contributed by atoms with van der Waals surface area (Å²) >= 11 is 0. The highest BCUT2D eigenvalue weighted by Crippen LogP contribution is 2.24. The van der Waals surface area contributed by atoms with Gasteiger partial charge in [-0.25, -0.2) is 8.37 Å². The molecule has 0 aliphatic carbocycles. The monoisotopic (exact) mass is 1050 g/mol. The molecule has 0 saturated carbocycles. The fourth-order valence-corrected chi connectivity index (χ4v) is 12.0. The van der Waals surface area contributed by atoms with Crippen LogP contribution in [0.2, 0.25) is 0 Å². The lowest BCUT2D eigenvalue weighted by atomic mass is 10.0. The molecule has 0 fully saturated rings. The molecule has 0 amide bonds. The van der Waals surface area contributed by atoms with E-state index in [1.165, 1.54) is 308 Å². The van der Waals surface area contributed by atoms with E-state index in [2.05, 4.69) is 52.0 Å². The summed E-state index contributed by atoms with van der Waals surface area (Å²) in [6, 6.07) is 0. The maximum Gasteiger partial charge on any atom is 0.400 e. The Hall–Kier alpha value is -0.650. The van der Waals surface area contributed by atoms with Crippen LogP contribution in [0.4, 0.5) is 0 Å². The standard InChI is InChI=1S/C68H134O4S/c1-5-9-13-17-21-25-29-33-35-37-41-45-49-53-57-61-65-67(63-59-55-51-47-43-39-31-27-23-19-15-11-7-3)71-73(69,70)72-68(64-60-56-52-48-44-40-32-28-24-20-16-12-8-4)66-62-58-54-50-46-42-38-36-34-30-26-22-18-14-10-6-2/h33-36,67-68H,5-32,37-66H2,1-4H3/b35-33-,36-34-. The summed E-state index contributed by atoms with van der Waals surface area (Å²) < 4.78 is 39.8. The van der Waals surface area contributed by atoms with Crippen molar-refractivity contribution in [2.24, 2.45) is 0 Å². The number of unbranched alkanes of at least 4 members (excludes halogenated alkanes) is 48. The first-order valence-corrected chi connectivity index (χ1v) is 35.2. The van der Waals surface area contributed by atoms with E-state index in [-0.39, 0.29) is 12.2 Å². The average Bonchev–Trinajstić information content (AvgIpc) is 3.38. The van der Waals surface area contributed by atoms with Crippen LogP contribution in [0.5, 0.6) is 0 Å². The first-order chi connectivity index (χ1) is 36.0. The molecule has 0 aromatic carbocycles. The van der Waals surface area contributed by atoms with E-state index in [0.29, 0.717) is 0 Å². The van der Waals surface area contributed by atoms with Gasteiger partial charge < -0.3 is 0 Å². The summed E-state index contributed by atoms with van der Waals surface area (Å²) in [4.78, 5) is 0. The third kappa shape index (κ3) is 60.4. The SMILES string of the molecule is CCCCCCCC/C=C\CCCCCCCCC(CCCCCCCCCCCCCCC)OS(=O)(=O)OC(CCCCCCCC/C=C\CCCCCCCC)CCCCCCCCCCCCCCC. The lowest BCUT2D eigenvalue weighted by molar-refractivity contribution is 0.101. The summed E-state index contributed by atoms with van der Waals surface area (Å²) in [6.45, 7) is 9.17. The Kier molecular flexibility index (Phi) is 61.6. The third-order valence-corrected chi connectivity index (χ3v) is 16.9. The van der Waals surface area contributed by atoms with Gasteiger partial charge in [-0.2, -0.15) is 8.42 Å². The average molecular weight is 1050 g/mol. The first kappa shape index (κ1) is 72.3. The van der Waals surface area contributed by atoms with Crippen molar-refractivity contribution in [3.8, 4) is 0 Å². The summed E-state index contributed by atoms with van der Waals surface area (Å²) in [5.74, 6) is 0. The smallest absolute Gasteiger partial charge is 0.245 e. The molecule has 0 radical (unpaired) electrons. The molecule has 0 aromatic heterocycles. The predicted molar refractivity (Wildman–Crippen MR) is 327 cm³/mol. The maximum atomic E-state index is 13.8. The van der Waals surface area contributed by atoms with E-state index >= 15 is 0 Å². The van der Waals surface area contributed by atoms with Crippen LogP contribution in [0, 0.1) is 0 Å². The summed E-state index contributed by atoms with van der Waals surface area (Å²) in [7, 11) is -4.07. The molecule has 0 aliphatic rings. The zero-order valence-corrected chi connectivity index (χ0v) is 51.3. The molecule has 0 saturated heterocycles. The maximum absolute atomic E-state index is 13.8. The van der Waals surface area contributed by atoms with Crippen molar-refractivity contribution >= 4 is 10.4 Å². The Bertz CT molecular complexity index is 1100. The lowest BCUT2D eigenvalue weighted by Gasteiger charge is -2.21. The first-order valence-electron chi connectivity index (χ1n) is 33.9. The third-order valence-electron chi connectivity index (χ3n) is 15.8. The molecule has 436 valence electrons. The normalized spacial score (nSPS) is 13.1. The highest BCUT2D eigenvalue weighted by Gasteiger charge is 2.25. The zero-order chi connectivity index (χ0) is 52.9. The molecule has 0 heterocycles. The Balaban J connectivity index is 5.06. The molecule has 0 rings (SSSR count). The van der Waals surface area contributed by atoms with Crippen molar-refractivity contribution in [3.63, 3.8) is 0 Å². The zero-order valence-electron chi connectivity index (χ0n) is 50.5. The topological polar surface area (TPSA) is 52.6 Å². The van der Waals surface area contributed by atoms with Gasteiger partial charge in [-0.1, -0.05) is 347 Å². The summed E-state index contributed by atoms with van der Waals surface area (Å²) in [5, 5.41) is 0. The Morgan fingerprint density at radius 3 is 0.562 bits per heavy atom. The van der Waals surface area contributed by atoms with Crippen molar-refractivity contribution < 1.29 is 16.8 Å². The fraction of sp³-hybridized carbons (Fsp3) is 0.941. The van der Waals surface area contributed by atoms with Crippen molar-refractivity contribution in [3.05, 3.63) is 24.3 Å². The van der Waals surface area contributed by atoms with Gasteiger partial charge in [0.05, 0.1) is 12.2 Å². The van der Waals surface area contributed by atoms with Crippen LogP contribution in [0.25, 0.3) is 0 Å². The molecule has 73 heavy (non-hydrogen) atoms. The largest absolute Gasteiger partial charge is 0.400 e. The van der Waals surface area contributed by atoms with Crippen molar-refractivity contribution in [1.29, 1.82) is 0 Å². The van der Waals surface area contributed by atoms with Gasteiger partial charge in [0.1, 0.15) is 0 Å². The van der Waals surface area contributed by atoms with E-state index in [4.69, 9.17) is 8.37 Å². The van der Waals surface area contributed by atoms with Gasteiger partial charge >= 0.3 is 10.4 Å². The second-order valence-electron chi connectivity index (χ2n) is 23.4. The molecule has 5 heteroatoms. The Labute approximate surface area is 461 Å². The van der Waals surface area contributed by atoms with Gasteiger partial charge in [-0.05, 0) is 77.0 Å². The molecule has 0 aromatic rings. The van der Waals surface area contributed by atoms with Crippen LogP contribution in [0.1, 0.15) is 400 Å². The number of hydrogen-bond acceptors (Lipinski definition) is 4. The number of hydrogen-bond donors (Lipinski definition) is 0. The minimum absolute atomic E-state index is 0.267. The van der Waals surface area contributed by atoms with E-state index in [0.717, 1.165) is 64.2 Å². The van der Waals surface area contributed by atoms with Gasteiger partial charge in [0.25, 0.3) is 0 Å². The molecule has 0 N–H and O–H groups in total. The van der Waals surface area contributed by atoms with E-state index in [9.17, 15) is 8.42 Å². The van der Waals surface area contributed by atoms with E-state index in [1.54, 1.807) is 0 Å². The van der Waals surface area contributed by atoms with Gasteiger partial charge in [-0.15, -0.1) is 0 Å². The van der Waals surface area contributed by atoms with Gasteiger partial charge in [0, 0.05) is 0 Å². The summed E-state index contributed by atoms with van der Waals surface area (Å²) in [6.07, 6.45) is 82.7. The minimum atomic E-state index is -4.07. The highest BCUT2D eigenvalue weighted by atomic mass is 32.3. The number of rotatable bonds is 64. The second-order valence-corrected chi connectivity index (χ2v) is 24.6. The van der Waals surface area contributed by atoms with Crippen molar-refractivity contribution in [2.75, 3.05) is 0 Å². The molecule has 2 unspecified atom stereocenters. The van der Waals surface area contributed by atoms with Crippen LogP contribution in [-0.4, -0.2) is 20.6 Å². The van der Waals surface area contributed by atoms with Gasteiger partial charge in [0.2, 0.25) is 0 Å². The summed E-state index contributed by atoms with van der Waals surface area (Å²) in [5.41, 5.74) is 0. The van der Waals surface area contributed by atoms with Gasteiger partial charge in [-0.3, -0.25) is 0 Å². The van der Waals surface area contributed by atoms with Crippen LogP contribution in [0.3, 0.4) is 0 Å². The molecule has 0 bridgehead atoms. The Morgan fingerprint density at radius 2 is 0.384 bits per heavy atom. The second kappa shape index (κ2) is 62.2.